The van der Waals surface area contributed by atoms with E-state index in [-0.39, 0.29) is 17.4 Å². The molecule has 0 heterocycles. The van der Waals surface area contributed by atoms with E-state index >= 15 is 0 Å². The Hall–Kier alpha value is -0.240. The zero-order chi connectivity index (χ0) is 10.5. The zero-order valence-electron chi connectivity index (χ0n) is 8.98. The number of carbonyl (C=O) groups excluding carboxylic acids is 1. The van der Waals surface area contributed by atoms with Crippen molar-refractivity contribution in [2.24, 2.45) is 5.92 Å². The molecule has 0 aliphatic carbocycles. The van der Waals surface area contributed by atoms with Crippen molar-refractivity contribution in [2.75, 3.05) is 5.88 Å². The summed E-state index contributed by atoms with van der Waals surface area (Å²) in [5, 5.41) is 3.02. The fourth-order valence-corrected chi connectivity index (χ4v) is 1.40. The van der Waals surface area contributed by atoms with E-state index in [2.05, 4.69) is 12.2 Å². The smallest absolute Gasteiger partial charge is 0.222 e. The summed E-state index contributed by atoms with van der Waals surface area (Å²) >= 11 is 5.68. The molecule has 0 aliphatic heterocycles. The van der Waals surface area contributed by atoms with Crippen LogP contribution in [0.1, 0.15) is 40.5 Å². The first-order valence-corrected chi connectivity index (χ1v) is 5.36. The first-order chi connectivity index (χ1) is 5.95. The summed E-state index contributed by atoms with van der Waals surface area (Å²) in [6, 6.07) is 0. The molecule has 0 rings (SSSR count). The van der Waals surface area contributed by atoms with Crippen LogP contribution in [0.4, 0.5) is 0 Å². The molecule has 13 heavy (non-hydrogen) atoms. The summed E-state index contributed by atoms with van der Waals surface area (Å²) < 4.78 is 0. The molecule has 0 aromatic heterocycles. The van der Waals surface area contributed by atoms with E-state index in [4.69, 9.17) is 11.6 Å². The van der Waals surface area contributed by atoms with Gasteiger partial charge in [-0.1, -0.05) is 20.8 Å². The van der Waals surface area contributed by atoms with E-state index in [0.29, 0.717) is 5.88 Å². The normalized spacial score (nSPS) is 15.5. The highest BCUT2D eigenvalue weighted by atomic mass is 35.5. The third kappa shape index (κ3) is 4.51. The van der Waals surface area contributed by atoms with Gasteiger partial charge in [0.2, 0.25) is 5.91 Å². The van der Waals surface area contributed by atoms with Crippen molar-refractivity contribution in [3.8, 4) is 0 Å². The van der Waals surface area contributed by atoms with Crippen molar-refractivity contribution in [3.05, 3.63) is 0 Å². The lowest BCUT2D eigenvalue weighted by Crippen LogP contribution is -2.47. The van der Waals surface area contributed by atoms with E-state index in [1.165, 1.54) is 0 Å². The lowest BCUT2D eigenvalue weighted by Gasteiger charge is -2.29. The van der Waals surface area contributed by atoms with Crippen LogP contribution in [0.3, 0.4) is 0 Å². The van der Waals surface area contributed by atoms with Crippen LogP contribution in [0.5, 0.6) is 0 Å². The number of amides is 1. The van der Waals surface area contributed by atoms with Gasteiger partial charge in [-0.3, -0.25) is 4.79 Å². The summed E-state index contributed by atoms with van der Waals surface area (Å²) in [6.45, 7) is 7.89. The maximum Gasteiger partial charge on any atom is 0.222 e. The van der Waals surface area contributed by atoms with Crippen LogP contribution in [-0.2, 0) is 4.79 Å². The first-order valence-electron chi connectivity index (χ1n) is 4.83. The van der Waals surface area contributed by atoms with E-state index in [9.17, 15) is 4.79 Å². The number of alkyl halides is 1. The Morgan fingerprint density at radius 3 is 2.38 bits per heavy atom. The second-order valence-electron chi connectivity index (χ2n) is 4.00. The fourth-order valence-electron chi connectivity index (χ4n) is 0.978. The summed E-state index contributed by atoms with van der Waals surface area (Å²) in [5.74, 6) is 0.735. The fraction of sp³-hybridized carbons (Fsp3) is 0.900. The highest BCUT2D eigenvalue weighted by Crippen LogP contribution is 2.15. The minimum atomic E-state index is -0.136. The molecule has 1 amide bonds. The monoisotopic (exact) mass is 205 g/mol. The van der Waals surface area contributed by atoms with Crippen molar-refractivity contribution in [2.45, 2.75) is 46.1 Å². The van der Waals surface area contributed by atoms with Crippen molar-refractivity contribution in [3.63, 3.8) is 0 Å². The molecular formula is C10H20ClNO. The standard InChI is InChI=1S/C10H20ClNO/c1-5-10(4,6-7-11)12-9(13)8(2)3/h8H,5-7H2,1-4H3,(H,12,13). The van der Waals surface area contributed by atoms with E-state index in [0.717, 1.165) is 12.8 Å². The average Bonchev–Trinajstić information content (AvgIpc) is 2.04. The molecule has 78 valence electrons. The molecule has 2 nitrogen and oxygen atoms in total. The maximum absolute atomic E-state index is 11.4. The molecule has 0 saturated carbocycles. The van der Waals surface area contributed by atoms with Crippen LogP contribution in [0.15, 0.2) is 0 Å². The van der Waals surface area contributed by atoms with Crippen LogP contribution in [0.2, 0.25) is 0 Å². The molecule has 0 aromatic carbocycles. The highest BCUT2D eigenvalue weighted by Gasteiger charge is 2.24. The van der Waals surface area contributed by atoms with Crippen molar-refractivity contribution < 1.29 is 4.79 Å². The Balaban J connectivity index is 4.18. The summed E-state index contributed by atoms with van der Waals surface area (Å²) in [6.07, 6.45) is 1.74. The summed E-state index contributed by atoms with van der Waals surface area (Å²) in [5.41, 5.74) is -0.136. The van der Waals surface area contributed by atoms with Crippen LogP contribution in [-0.4, -0.2) is 17.3 Å². The highest BCUT2D eigenvalue weighted by molar-refractivity contribution is 6.17. The molecule has 3 heteroatoms. The molecule has 0 aliphatic rings. The number of halogens is 1. The van der Waals surface area contributed by atoms with Gasteiger partial charge in [0, 0.05) is 17.3 Å². The molecule has 1 atom stereocenters. The minimum Gasteiger partial charge on any atom is -0.351 e. The van der Waals surface area contributed by atoms with Crippen molar-refractivity contribution >= 4 is 17.5 Å². The van der Waals surface area contributed by atoms with E-state index < -0.39 is 0 Å². The largest absolute Gasteiger partial charge is 0.351 e. The lowest BCUT2D eigenvalue weighted by molar-refractivity contribution is -0.125. The van der Waals surface area contributed by atoms with E-state index in [1.54, 1.807) is 0 Å². The number of rotatable bonds is 5. The average molecular weight is 206 g/mol. The number of hydrogen-bond donors (Lipinski definition) is 1. The number of hydrogen-bond acceptors (Lipinski definition) is 1. The molecule has 0 radical (unpaired) electrons. The predicted octanol–water partition coefficient (Wildman–Crippen LogP) is 2.56. The Labute approximate surface area is 86.0 Å². The Morgan fingerprint density at radius 2 is 2.08 bits per heavy atom. The van der Waals surface area contributed by atoms with Gasteiger partial charge >= 0.3 is 0 Å². The van der Waals surface area contributed by atoms with Gasteiger partial charge in [-0.15, -0.1) is 11.6 Å². The molecule has 0 aromatic rings. The minimum absolute atomic E-state index is 0.0428. The van der Waals surface area contributed by atoms with Gasteiger partial charge in [0.1, 0.15) is 0 Å². The van der Waals surface area contributed by atoms with Crippen LogP contribution in [0.25, 0.3) is 0 Å². The molecule has 0 spiro atoms. The van der Waals surface area contributed by atoms with Gasteiger partial charge in [-0.25, -0.2) is 0 Å². The van der Waals surface area contributed by atoms with Gasteiger partial charge in [0.05, 0.1) is 0 Å². The second-order valence-corrected chi connectivity index (χ2v) is 4.38. The van der Waals surface area contributed by atoms with E-state index in [1.807, 2.05) is 20.8 Å². The van der Waals surface area contributed by atoms with Crippen molar-refractivity contribution in [1.82, 2.24) is 5.32 Å². The van der Waals surface area contributed by atoms with Crippen molar-refractivity contribution in [1.29, 1.82) is 0 Å². The van der Waals surface area contributed by atoms with Gasteiger partial charge < -0.3 is 5.32 Å². The molecule has 0 saturated heterocycles. The zero-order valence-corrected chi connectivity index (χ0v) is 9.74. The number of nitrogens with one attached hydrogen (secondary N) is 1. The quantitative estimate of drug-likeness (QED) is 0.687. The number of carbonyl (C=O) groups is 1. The summed E-state index contributed by atoms with van der Waals surface area (Å²) in [4.78, 5) is 11.4. The SMILES string of the molecule is CCC(C)(CCCl)NC(=O)C(C)C. The van der Waals surface area contributed by atoms with Gasteiger partial charge in [0.25, 0.3) is 0 Å². The predicted molar refractivity (Wildman–Crippen MR) is 57.0 cm³/mol. The third-order valence-electron chi connectivity index (χ3n) is 2.38. The molecule has 1 unspecified atom stereocenters. The third-order valence-corrected chi connectivity index (χ3v) is 2.56. The van der Waals surface area contributed by atoms with Crippen LogP contribution >= 0.6 is 11.6 Å². The Kier molecular flexibility index (Phi) is 5.38. The van der Waals surface area contributed by atoms with Crippen LogP contribution < -0.4 is 5.32 Å². The van der Waals surface area contributed by atoms with Crippen LogP contribution in [0, 0.1) is 5.92 Å². The second kappa shape index (κ2) is 5.48. The first kappa shape index (κ1) is 12.8. The molecular weight excluding hydrogens is 186 g/mol. The van der Waals surface area contributed by atoms with Gasteiger partial charge in [0.15, 0.2) is 0 Å². The van der Waals surface area contributed by atoms with Gasteiger partial charge in [-0.05, 0) is 19.8 Å². The Bertz CT molecular complexity index is 170. The topological polar surface area (TPSA) is 29.1 Å². The maximum atomic E-state index is 11.4. The lowest BCUT2D eigenvalue weighted by atomic mass is 9.94. The summed E-state index contributed by atoms with van der Waals surface area (Å²) in [7, 11) is 0. The van der Waals surface area contributed by atoms with Gasteiger partial charge in [-0.2, -0.15) is 0 Å². The molecule has 1 N–H and O–H groups in total. The Morgan fingerprint density at radius 1 is 1.54 bits per heavy atom. The molecule has 0 fully saturated rings. The molecule has 0 bridgehead atoms.